The average molecular weight is 332 g/mol. The number of unbranched alkanes of at least 4 members (excludes halogenated alkanes) is 1. The van der Waals surface area contributed by atoms with Gasteiger partial charge in [-0.05, 0) is 43.9 Å². The summed E-state index contributed by atoms with van der Waals surface area (Å²) >= 11 is 0. The first-order chi connectivity index (χ1) is 11.8. The highest BCUT2D eigenvalue weighted by Crippen LogP contribution is 2.03. The zero-order valence-corrected chi connectivity index (χ0v) is 14.1. The van der Waals surface area contributed by atoms with Crippen molar-refractivity contribution >= 4 is 5.96 Å². The van der Waals surface area contributed by atoms with E-state index in [0.29, 0.717) is 0 Å². The third kappa shape index (κ3) is 6.76. The van der Waals surface area contributed by atoms with Crippen molar-refractivity contribution < 1.29 is 4.39 Å². The van der Waals surface area contributed by atoms with Crippen LogP contribution in [0.4, 0.5) is 4.39 Å². The molecule has 0 amide bonds. The number of halogens is 1. The number of hydrogen-bond acceptors (Lipinski definition) is 3. The maximum Gasteiger partial charge on any atom is 0.191 e. The Kier molecular flexibility index (Phi) is 7.73. The van der Waals surface area contributed by atoms with Crippen LogP contribution in [-0.2, 0) is 13.0 Å². The van der Waals surface area contributed by atoms with E-state index in [2.05, 4.69) is 25.8 Å². The molecule has 130 valence electrons. The highest BCUT2D eigenvalue weighted by atomic mass is 19.1. The zero-order chi connectivity index (χ0) is 17.0. The van der Waals surface area contributed by atoms with Gasteiger partial charge in [-0.25, -0.2) is 4.39 Å². The van der Waals surface area contributed by atoms with Crippen LogP contribution in [0.15, 0.2) is 41.9 Å². The predicted octanol–water partition coefficient (Wildman–Crippen LogP) is 2.00. The van der Waals surface area contributed by atoms with Gasteiger partial charge in [0, 0.05) is 26.2 Å². The quantitative estimate of drug-likeness (QED) is 0.419. The van der Waals surface area contributed by atoms with Gasteiger partial charge in [-0.1, -0.05) is 12.1 Å². The molecule has 2 rings (SSSR count). The topological polar surface area (TPSA) is 67.1 Å². The second kappa shape index (κ2) is 10.4. The van der Waals surface area contributed by atoms with Gasteiger partial charge in [0.2, 0.25) is 0 Å². The molecule has 0 bridgehead atoms. The summed E-state index contributed by atoms with van der Waals surface area (Å²) in [6.45, 7) is 5.24. The van der Waals surface area contributed by atoms with Gasteiger partial charge in [0.15, 0.2) is 5.96 Å². The lowest BCUT2D eigenvalue weighted by Gasteiger charge is -2.11. The smallest absolute Gasteiger partial charge is 0.191 e. The molecule has 0 saturated heterocycles. The van der Waals surface area contributed by atoms with Crippen molar-refractivity contribution in [2.75, 3.05) is 19.6 Å². The van der Waals surface area contributed by atoms with Gasteiger partial charge in [-0.3, -0.25) is 4.99 Å². The minimum absolute atomic E-state index is 0.193. The van der Waals surface area contributed by atoms with Crippen LogP contribution in [0, 0.1) is 5.82 Å². The fourth-order valence-electron chi connectivity index (χ4n) is 2.29. The van der Waals surface area contributed by atoms with Crippen LogP contribution in [0.3, 0.4) is 0 Å². The van der Waals surface area contributed by atoms with Crippen molar-refractivity contribution in [3.05, 3.63) is 48.3 Å². The van der Waals surface area contributed by atoms with Crippen LogP contribution < -0.4 is 10.6 Å². The summed E-state index contributed by atoms with van der Waals surface area (Å²) < 4.78 is 15.1. The lowest BCUT2D eigenvalue weighted by Crippen LogP contribution is -2.38. The number of nitrogens with one attached hydrogen (secondary N) is 2. The largest absolute Gasteiger partial charge is 0.357 e. The van der Waals surface area contributed by atoms with Crippen LogP contribution in [0.25, 0.3) is 0 Å². The highest BCUT2D eigenvalue weighted by Gasteiger charge is 1.99. The third-order valence-corrected chi connectivity index (χ3v) is 3.50. The third-order valence-electron chi connectivity index (χ3n) is 3.50. The molecule has 0 aliphatic rings. The number of nitrogens with zero attached hydrogens (tertiary/aromatic N) is 4. The molecule has 6 nitrogen and oxygen atoms in total. The summed E-state index contributed by atoms with van der Waals surface area (Å²) in [6.07, 6.45) is 6.24. The fourth-order valence-corrected chi connectivity index (χ4v) is 2.29. The molecule has 0 unspecified atom stereocenters. The Bertz CT molecular complexity index is 611. The molecular weight excluding hydrogens is 307 g/mol. The first kappa shape index (κ1) is 17.9. The summed E-state index contributed by atoms with van der Waals surface area (Å²) in [4.78, 5) is 4.56. The van der Waals surface area contributed by atoms with Crippen molar-refractivity contribution in [2.24, 2.45) is 4.99 Å². The minimum Gasteiger partial charge on any atom is -0.357 e. The molecule has 0 atom stereocenters. The monoisotopic (exact) mass is 332 g/mol. The molecule has 0 radical (unpaired) electrons. The number of aliphatic imine (C=N–C) groups is 1. The van der Waals surface area contributed by atoms with Crippen LogP contribution in [0.5, 0.6) is 0 Å². The van der Waals surface area contributed by atoms with Crippen LogP contribution in [-0.4, -0.2) is 40.4 Å². The van der Waals surface area contributed by atoms with Gasteiger partial charge < -0.3 is 15.2 Å². The van der Waals surface area contributed by atoms with Crippen LogP contribution in [0.2, 0.25) is 0 Å². The summed E-state index contributed by atoms with van der Waals surface area (Å²) in [5, 5.41) is 14.1. The Labute approximate surface area is 142 Å². The van der Waals surface area contributed by atoms with E-state index < -0.39 is 0 Å². The molecule has 1 heterocycles. The van der Waals surface area contributed by atoms with Crippen LogP contribution in [0.1, 0.15) is 25.3 Å². The van der Waals surface area contributed by atoms with Gasteiger partial charge in [0.25, 0.3) is 0 Å². The fraction of sp³-hybridized carbons (Fsp3) is 0.471. The SMILES string of the molecule is CCNC(=NCCCCn1cnnc1)NCCc1cccc(F)c1. The number of aromatic nitrogens is 3. The lowest BCUT2D eigenvalue weighted by molar-refractivity contribution is 0.611. The average Bonchev–Trinajstić information content (AvgIpc) is 3.08. The number of aryl methyl sites for hydroxylation is 1. The molecule has 0 saturated carbocycles. The number of guanidine groups is 1. The Morgan fingerprint density at radius 2 is 2.04 bits per heavy atom. The number of hydrogen-bond donors (Lipinski definition) is 2. The molecule has 2 aromatic rings. The molecule has 7 heteroatoms. The van der Waals surface area contributed by atoms with Gasteiger partial charge in [-0.15, -0.1) is 10.2 Å². The van der Waals surface area contributed by atoms with E-state index in [1.165, 1.54) is 6.07 Å². The standard InChI is InChI=1S/C17H25FN6/c1-2-19-17(20-9-3-4-11-24-13-22-23-14-24)21-10-8-15-6-5-7-16(18)12-15/h5-7,12-14H,2-4,8-11H2,1H3,(H2,19,20,21). The Hall–Kier alpha value is -2.44. The van der Waals surface area contributed by atoms with E-state index in [4.69, 9.17) is 0 Å². The highest BCUT2D eigenvalue weighted by molar-refractivity contribution is 5.79. The van der Waals surface area contributed by atoms with E-state index in [1.807, 2.05) is 17.6 Å². The molecular formula is C17H25FN6. The Morgan fingerprint density at radius 1 is 1.21 bits per heavy atom. The van der Waals surface area contributed by atoms with E-state index in [1.54, 1.807) is 24.8 Å². The van der Waals surface area contributed by atoms with Crippen molar-refractivity contribution in [1.29, 1.82) is 0 Å². The second-order valence-corrected chi connectivity index (χ2v) is 5.47. The van der Waals surface area contributed by atoms with E-state index in [0.717, 1.165) is 57.0 Å². The predicted molar refractivity (Wildman–Crippen MR) is 93.3 cm³/mol. The van der Waals surface area contributed by atoms with Gasteiger partial charge in [0.1, 0.15) is 18.5 Å². The first-order valence-corrected chi connectivity index (χ1v) is 8.37. The molecule has 0 aliphatic heterocycles. The normalized spacial score (nSPS) is 11.5. The minimum atomic E-state index is -0.193. The van der Waals surface area contributed by atoms with E-state index in [-0.39, 0.29) is 5.82 Å². The van der Waals surface area contributed by atoms with Crippen molar-refractivity contribution in [1.82, 2.24) is 25.4 Å². The molecule has 1 aromatic heterocycles. The second-order valence-electron chi connectivity index (χ2n) is 5.47. The molecule has 0 aliphatic carbocycles. The maximum atomic E-state index is 13.1. The van der Waals surface area contributed by atoms with Crippen molar-refractivity contribution in [3.63, 3.8) is 0 Å². The van der Waals surface area contributed by atoms with E-state index >= 15 is 0 Å². The van der Waals surface area contributed by atoms with Gasteiger partial charge in [0.05, 0.1) is 0 Å². The number of benzene rings is 1. The molecule has 0 spiro atoms. The summed E-state index contributed by atoms with van der Waals surface area (Å²) in [6, 6.07) is 6.69. The molecule has 1 aromatic carbocycles. The molecule has 0 fully saturated rings. The molecule has 24 heavy (non-hydrogen) atoms. The van der Waals surface area contributed by atoms with Crippen molar-refractivity contribution in [2.45, 2.75) is 32.7 Å². The maximum absolute atomic E-state index is 13.1. The Morgan fingerprint density at radius 3 is 2.79 bits per heavy atom. The Balaban J connectivity index is 1.67. The number of rotatable bonds is 9. The summed E-state index contributed by atoms with van der Waals surface area (Å²) in [5.41, 5.74) is 0.979. The van der Waals surface area contributed by atoms with Gasteiger partial charge in [-0.2, -0.15) is 0 Å². The van der Waals surface area contributed by atoms with Gasteiger partial charge >= 0.3 is 0 Å². The summed E-state index contributed by atoms with van der Waals surface area (Å²) in [7, 11) is 0. The van der Waals surface area contributed by atoms with Crippen molar-refractivity contribution in [3.8, 4) is 0 Å². The van der Waals surface area contributed by atoms with E-state index in [9.17, 15) is 4.39 Å². The zero-order valence-electron chi connectivity index (χ0n) is 14.1. The summed E-state index contributed by atoms with van der Waals surface area (Å²) in [5.74, 6) is 0.611. The van der Waals surface area contributed by atoms with Crippen LogP contribution >= 0.6 is 0 Å². The molecule has 2 N–H and O–H groups in total. The first-order valence-electron chi connectivity index (χ1n) is 8.37. The lowest BCUT2D eigenvalue weighted by atomic mass is 10.1.